The van der Waals surface area contributed by atoms with Crippen molar-refractivity contribution >= 4 is 29.1 Å². The van der Waals surface area contributed by atoms with Gasteiger partial charge in [0.25, 0.3) is 0 Å². The maximum Gasteiger partial charge on any atom is 0.471 e. The Kier molecular flexibility index (Phi) is 6.33. The van der Waals surface area contributed by atoms with Crippen LogP contribution < -0.4 is 0 Å². The van der Waals surface area contributed by atoms with Gasteiger partial charge in [0.05, 0.1) is 21.9 Å². The Balaban J connectivity index is 1.71. The van der Waals surface area contributed by atoms with Gasteiger partial charge in [-0.25, -0.2) is 4.39 Å². The summed E-state index contributed by atoms with van der Waals surface area (Å²) in [4.78, 5) is 15.6. The van der Waals surface area contributed by atoms with Crippen LogP contribution in [0.1, 0.15) is 21.8 Å². The molecule has 0 radical (unpaired) electrons. The average Bonchev–Trinajstić information content (AvgIpc) is 3.15. The predicted molar refractivity (Wildman–Crippen MR) is 96.2 cm³/mol. The molecule has 1 aromatic heterocycles. The first kappa shape index (κ1) is 23.1. The minimum Gasteiger partial charge on any atom is -0.329 e. The van der Waals surface area contributed by atoms with Crippen LogP contribution in [0.5, 0.6) is 0 Å². The number of hydrogen-bond donors (Lipinski definition) is 0. The van der Waals surface area contributed by atoms with E-state index in [1.165, 1.54) is 0 Å². The third kappa shape index (κ3) is 5.37. The maximum atomic E-state index is 14.3. The molecule has 0 unspecified atom stereocenters. The van der Waals surface area contributed by atoms with Crippen molar-refractivity contribution in [3.63, 3.8) is 0 Å². The highest BCUT2D eigenvalue weighted by Crippen LogP contribution is 2.37. The number of alkyl halides is 6. The van der Waals surface area contributed by atoms with Crippen LogP contribution in [-0.2, 0) is 12.4 Å². The molecule has 3 aromatic rings. The lowest BCUT2D eigenvalue weighted by Gasteiger charge is -2.10. The predicted octanol–water partition coefficient (Wildman–Crippen LogP) is 6.54. The number of carbonyl (C=O) groups excluding carboxylic acids is 1. The number of aromatic nitrogens is 2. The molecule has 0 saturated heterocycles. The van der Waals surface area contributed by atoms with Crippen molar-refractivity contribution in [2.24, 2.45) is 0 Å². The second kappa shape index (κ2) is 8.50. The average molecular weight is 485 g/mol. The molecule has 13 heteroatoms. The first-order valence-electron chi connectivity index (χ1n) is 8.10. The minimum absolute atomic E-state index is 0.143. The molecule has 0 atom stereocenters. The lowest BCUT2D eigenvalue weighted by atomic mass is 10.1. The smallest absolute Gasteiger partial charge is 0.329 e. The van der Waals surface area contributed by atoms with Gasteiger partial charge in [0, 0.05) is 10.5 Å². The van der Waals surface area contributed by atoms with E-state index in [-0.39, 0.29) is 21.8 Å². The Bertz CT molecular complexity index is 1130. The van der Waals surface area contributed by atoms with Gasteiger partial charge in [-0.15, -0.1) is 11.8 Å². The second-order valence-electron chi connectivity index (χ2n) is 5.97. The standard InChI is InChI=1S/C18H8ClF7N2O2S/c19-12-6-9(2-4-11(12)17(21,22)23)31-7-14(29)10-3-1-8(5-13(10)20)15-27-16(30-28-15)18(24,25)26/h1-6H,7H2. The van der Waals surface area contributed by atoms with Crippen LogP contribution in [0.4, 0.5) is 30.7 Å². The number of carbonyl (C=O) groups is 1. The molecule has 2 aromatic carbocycles. The number of Topliss-reactive ketones (excluding diaryl/α,β-unsaturated/α-hetero) is 1. The van der Waals surface area contributed by atoms with Crippen molar-refractivity contribution in [1.29, 1.82) is 0 Å². The topological polar surface area (TPSA) is 56.0 Å². The zero-order valence-electron chi connectivity index (χ0n) is 14.8. The van der Waals surface area contributed by atoms with Crippen molar-refractivity contribution in [3.05, 3.63) is 64.3 Å². The van der Waals surface area contributed by atoms with Crippen molar-refractivity contribution in [3.8, 4) is 11.4 Å². The van der Waals surface area contributed by atoms with Crippen molar-refractivity contribution < 1.29 is 40.1 Å². The molecule has 0 aliphatic heterocycles. The van der Waals surface area contributed by atoms with Gasteiger partial charge >= 0.3 is 18.2 Å². The molecular formula is C18H8ClF7N2O2S. The second-order valence-corrected chi connectivity index (χ2v) is 7.42. The third-order valence-electron chi connectivity index (χ3n) is 3.81. The van der Waals surface area contributed by atoms with E-state index in [4.69, 9.17) is 11.6 Å². The van der Waals surface area contributed by atoms with Crippen LogP contribution in [0, 0.1) is 5.82 Å². The van der Waals surface area contributed by atoms with Crippen molar-refractivity contribution in [2.45, 2.75) is 17.2 Å². The number of hydrogen-bond acceptors (Lipinski definition) is 5. The van der Waals surface area contributed by atoms with E-state index in [1.807, 2.05) is 0 Å². The summed E-state index contributed by atoms with van der Waals surface area (Å²) >= 11 is 6.45. The molecule has 4 nitrogen and oxygen atoms in total. The van der Waals surface area contributed by atoms with E-state index in [0.717, 1.165) is 48.2 Å². The van der Waals surface area contributed by atoms with E-state index in [0.29, 0.717) is 0 Å². The molecule has 0 amide bonds. The summed E-state index contributed by atoms with van der Waals surface area (Å²) in [5.41, 5.74) is -1.54. The van der Waals surface area contributed by atoms with Gasteiger partial charge in [-0.05, 0) is 30.3 Å². The zero-order chi connectivity index (χ0) is 23.0. The van der Waals surface area contributed by atoms with Crippen LogP contribution in [0.15, 0.2) is 45.8 Å². The highest BCUT2D eigenvalue weighted by atomic mass is 35.5. The Labute approximate surface area is 178 Å². The summed E-state index contributed by atoms with van der Waals surface area (Å²) in [6, 6.07) is 5.89. The summed E-state index contributed by atoms with van der Waals surface area (Å²) in [6.45, 7) is 0. The van der Waals surface area contributed by atoms with Crippen LogP contribution in [0.25, 0.3) is 11.4 Å². The molecule has 164 valence electrons. The van der Waals surface area contributed by atoms with Gasteiger partial charge in [0.1, 0.15) is 5.82 Å². The number of thioether (sulfide) groups is 1. The quantitative estimate of drug-likeness (QED) is 0.234. The zero-order valence-corrected chi connectivity index (χ0v) is 16.4. The lowest BCUT2D eigenvalue weighted by Crippen LogP contribution is -2.07. The number of nitrogens with zero attached hydrogens (tertiary/aromatic N) is 2. The minimum atomic E-state index is -4.86. The van der Waals surface area contributed by atoms with Gasteiger partial charge in [-0.3, -0.25) is 4.79 Å². The Morgan fingerprint density at radius 2 is 1.74 bits per heavy atom. The summed E-state index contributed by atoms with van der Waals surface area (Å²) in [5.74, 6) is -4.17. The van der Waals surface area contributed by atoms with E-state index in [9.17, 15) is 35.5 Å². The number of benzene rings is 2. The normalized spacial score (nSPS) is 12.3. The maximum absolute atomic E-state index is 14.3. The summed E-state index contributed by atoms with van der Waals surface area (Å²) < 4.78 is 94.1. The molecule has 31 heavy (non-hydrogen) atoms. The van der Waals surface area contributed by atoms with Gasteiger partial charge in [-0.2, -0.15) is 31.3 Å². The summed E-state index contributed by atoms with van der Waals surface area (Å²) in [7, 11) is 0. The largest absolute Gasteiger partial charge is 0.471 e. The van der Waals surface area contributed by atoms with E-state index < -0.39 is 46.3 Å². The highest BCUT2D eigenvalue weighted by Gasteiger charge is 2.38. The van der Waals surface area contributed by atoms with Crippen LogP contribution >= 0.6 is 23.4 Å². The monoisotopic (exact) mass is 484 g/mol. The first-order valence-corrected chi connectivity index (χ1v) is 9.46. The van der Waals surface area contributed by atoms with Crippen molar-refractivity contribution in [2.75, 3.05) is 5.75 Å². The number of halogens is 8. The third-order valence-corrected chi connectivity index (χ3v) is 5.12. The van der Waals surface area contributed by atoms with E-state index >= 15 is 0 Å². The molecule has 1 heterocycles. The Morgan fingerprint density at radius 1 is 1.03 bits per heavy atom. The van der Waals surface area contributed by atoms with E-state index in [2.05, 4.69) is 14.7 Å². The molecule has 3 rings (SSSR count). The fraction of sp³-hybridized carbons (Fsp3) is 0.167. The van der Waals surface area contributed by atoms with Gasteiger partial charge in [-0.1, -0.05) is 22.8 Å². The number of ketones is 1. The molecule has 0 spiro atoms. The molecule has 0 fully saturated rings. The molecular weight excluding hydrogens is 477 g/mol. The highest BCUT2D eigenvalue weighted by molar-refractivity contribution is 8.00. The number of rotatable bonds is 5. The van der Waals surface area contributed by atoms with Gasteiger partial charge in [0.15, 0.2) is 5.78 Å². The van der Waals surface area contributed by atoms with Crippen LogP contribution in [0.2, 0.25) is 5.02 Å². The first-order chi connectivity index (χ1) is 14.4. The fourth-order valence-corrected chi connectivity index (χ4v) is 3.55. The Morgan fingerprint density at radius 3 is 2.29 bits per heavy atom. The molecule has 0 bridgehead atoms. The molecule has 0 N–H and O–H groups in total. The SMILES string of the molecule is O=C(CSc1ccc(C(F)(F)F)c(Cl)c1)c1ccc(-c2noc(C(F)(F)F)n2)cc1F. The molecule has 0 aliphatic carbocycles. The van der Waals surface area contributed by atoms with Crippen LogP contribution in [0.3, 0.4) is 0 Å². The summed E-state index contributed by atoms with van der Waals surface area (Å²) in [6.07, 6.45) is -9.49. The van der Waals surface area contributed by atoms with E-state index in [1.54, 1.807) is 0 Å². The van der Waals surface area contributed by atoms with Gasteiger partial charge < -0.3 is 4.52 Å². The molecule has 0 saturated carbocycles. The fourth-order valence-electron chi connectivity index (χ4n) is 2.38. The lowest BCUT2D eigenvalue weighted by molar-refractivity contribution is -0.159. The van der Waals surface area contributed by atoms with Crippen LogP contribution in [-0.4, -0.2) is 21.7 Å². The van der Waals surface area contributed by atoms with Gasteiger partial charge in [0.2, 0.25) is 5.82 Å². The summed E-state index contributed by atoms with van der Waals surface area (Å²) in [5, 5.41) is 2.58. The molecule has 0 aliphatic rings. The Hall–Kier alpha value is -2.60. The van der Waals surface area contributed by atoms with Crippen molar-refractivity contribution in [1.82, 2.24) is 10.1 Å².